The molecular formula is C29H36O6. The second-order valence-corrected chi connectivity index (χ2v) is 11.8. The molecule has 1 aromatic rings. The average Bonchev–Trinajstić information content (AvgIpc) is 3.60. The van der Waals surface area contributed by atoms with Crippen LogP contribution in [0.3, 0.4) is 0 Å². The fraction of sp³-hybridized carbons (Fsp3) is 0.586. The van der Waals surface area contributed by atoms with Crippen molar-refractivity contribution in [2.45, 2.75) is 70.4 Å². The van der Waals surface area contributed by atoms with Gasteiger partial charge in [-0.05, 0) is 54.6 Å². The van der Waals surface area contributed by atoms with Crippen molar-refractivity contribution in [3.63, 3.8) is 0 Å². The number of aliphatic hydroxyl groups is 2. The molecule has 5 rings (SSSR count). The molecule has 1 heterocycles. The molecule has 0 spiro atoms. The largest absolute Gasteiger partial charge is 0.447 e. The van der Waals surface area contributed by atoms with Gasteiger partial charge in [0.2, 0.25) is 5.78 Å². The van der Waals surface area contributed by atoms with Crippen molar-refractivity contribution in [3.05, 3.63) is 53.6 Å². The molecule has 0 unspecified atom stereocenters. The van der Waals surface area contributed by atoms with Crippen LogP contribution in [0.4, 0.5) is 0 Å². The quantitative estimate of drug-likeness (QED) is 0.388. The molecule has 1 aromatic carbocycles. The van der Waals surface area contributed by atoms with E-state index in [0.717, 1.165) is 18.4 Å². The van der Waals surface area contributed by atoms with Crippen LogP contribution in [0, 0.1) is 29.1 Å². The van der Waals surface area contributed by atoms with E-state index in [4.69, 9.17) is 9.47 Å². The maximum absolute atomic E-state index is 14.2. The monoisotopic (exact) mass is 480 g/mol. The highest BCUT2D eigenvalue weighted by Gasteiger charge is 2.71. The Balaban J connectivity index is 1.55. The van der Waals surface area contributed by atoms with Crippen molar-refractivity contribution in [1.29, 1.82) is 0 Å². The fourth-order valence-corrected chi connectivity index (χ4v) is 6.84. The van der Waals surface area contributed by atoms with Crippen LogP contribution in [0.1, 0.15) is 52.5 Å². The minimum Gasteiger partial charge on any atom is -0.447 e. The molecule has 2 N–H and O–H groups in total. The number of Topliss-reactive ketones (excluding diaryl/α,β-unsaturated/α-hetero) is 1. The number of fused-ring (bicyclic) bond motifs is 4. The van der Waals surface area contributed by atoms with Gasteiger partial charge in [0, 0.05) is 18.1 Å². The minimum atomic E-state index is -1.59. The lowest BCUT2D eigenvalue weighted by Crippen LogP contribution is -2.52. The van der Waals surface area contributed by atoms with Gasteiger partial charge in [-0.3, -0.25) is 4.79 Å². The lowest BCUT2D eigenvalue weighted by atomic mass is 9.77. The molecule has 4 aliphatic rings. The van der Waals surface area contributed by atoms with Gasteiger partial charge in [-0.25, -0.2) is 4.79 Å². The van der Waals surface area contributed by atoms with Crippen LogP contribution < -0.4 is 0 Å². The second-order valence-electron chi connectivity index (χ2n) is 11.8. The molecule has 6 heteroatoms. The van der Waals surface area contributed by atoms with Crippen molar-refractivity contribution >= 4 is 17.8 Å². The predicted molar refractivity (Wildman–Crippen MR) is 131 cm³/mol. The molecule has 1 aliphatic heterocycles. The van der Waals surface area contributed by atoms with Gasteiger partial charge in [0.25, 0.3) is 0 Å². The maximum atomic E-state index is 14.2. The summed E-state index contributed by atoms with van der Waals surface area (Å²) >= 11 is 0. The van der Waals surface area contributed by atoms with Gasteiger partial charge in [-0.15, -0.1) is 0 Å². The number of carbonyl (C=O) groups excluding carboxylic acids is 2. The van der Waals surface area contributed by atoms with Crippen LogP contribution >= 0.6 is 0 Å². The van der Waals surface area contributed by atoms with Gasteiger partial charge in [0.15, 0.2) is 5.60 Å². The van der Waals surface area contributed by atoms with Crippen LogP contribution in [0.15, 0.2) is 48.1 Å². The standard InChI is InChI=1S/C29H36O6/c1-17-15-29(34-22(31)11-10-18-8-6-5-7-9-18)23(24(17)32)26-28(4,35-26)13-12-20-21(27(20,2)3)14-19(16-30)25(29)33/h5-11,14,17,20-21,23-24,26,30,32H,12-13,15-16H2,1-4H3/b11-10+,19-14+/t17-,20-,21+,23+,24-,26-,28+,29+/m0/s1. The summed E-state index contributed by atoms with van der Waals surface area (Å²) in [4.78, 5) is 27.3. The van der Waals surface area contributed by atoms with Crippen molar-refractivity contribution < 1.29 is 29.3 Å². The molecular weight excluding hydrogens is 444 g/mol. The molecule has 188 valence electrons. The van der Waals surface area contributed by atoms with Gasteiger partial charge in [0.1, 0.15) is 0 Å². The van der Waals surface area contributed by atoms with Crippen LogP contribution in [-0.2, 0) is 19.1 Å². The number of esters is 1. The first-order valence-electron chi connectivity index (χ1n) is 12.7. The number of aliphatic hydroxyl groups excluding tert-OH is 2. The first-order valence-corrected chi connectivity index (χ1v) is 12.7. The Labute approximate surface area is 207 Å². The van der Waals surface area contributed by atoms with E-state index < -0.39 is 47.7 Å². The number of ether oxygens (including phenoxy) is 2. The maximum Gasteiger partial charge on any atom is 0.331 e. The molecule has 8 atom stereocenters. The highest BCUT2D eigenvalue weighted by molar-refractivity contribution is 6.04. The molecule has 0 bridgehead atoms. The number of carbonyl (C=O) groups is 2. The van der Waals surface area contributed by atoms with Crippen LogP contribution in [0.5, 0.6) is 0 Å². The summed E-state index contributed by atoms with van der Waals surface area (Å²) in [5, 5.41) is 21.5. The van der Waals surface area contributed by atoms with Crippen molar-refractivity contribution in [3.8, 4) is 0 Å². The van der Waals surface area contributed by atoms with Gasteiger partial charge in [-0.1, -0.05) is 57.2 Å². The molecule has 3 aliphatic carbocycles. The van der Waals surface area contributed by atoms with E-state index in [1.165, 1.54) is 6.08 Å². The summed E-state index contributed by atoms with van der Waals surface area (Å²) in [7, 11) is 0. The van der Waals surface area contributed by atoms with E-state index in [9.17, 15) is 19.8 Å². The van der Waals surface area contributed by atoms with E-state index >= 15 is 0 Å². The Kier molecular flexibility index (Phi) is 5.86. The van der Waals surface area contributed by atoms with Gasteiger partial charge < -0.3 is 19.7 Å². The molecule has 3 fully saturated rings. The highest BCUT2D eigenvalue weighted by atomic mass is 16.6. The molecule has 35 heavy (non-hydrogen) atoms. The molecule has 1 saturated heterocycles. The Morgan fingerprint density at radius 2 is 1.94 bits per heavy atom. The second kappa shape index (κ2) is 8.39. The molecule has 0 aromatic heterocycles. The predicted octanol–water partition coefficient (Wildman–Crippen LogP) is 3.71. The lowest BCUT2D eigenvalue weighted by Gasteiger charge is -2.34. The number of ketones is 1. The number of allylic oxidation sites excluding steroid dienone is 1. The summed E-state index contributed by atoms with van der Waals surface area (Å²) in [5.41, 5.74) is -0.929. The third kappa shape index (κ3) is 4.00. The number of rotatable bonds is 4. The van der Waals surface area contributed by atoms with E-state index in [1.807, 2.05) is 50.3 Å². The highest BCUT2D eigenvalue weighted by Crippen LogP contribution is 2.64. The summed E-state index contributed by atoms with van der Waals surface area (Å²) < 4.78 is 12.3. The Bertz CT molecular complexity index is 1070. The topological polar surface area (TPSA) is 96.4 Å². The van der Waals surface area contributed by atoms with Gasteiger partial charge >= 0.3 is 5.97 Å². The molecule has 6 nitrogen and oxygen atoms in total. The Morgan fingerprint density at radius 3 is 2.63 bits per heavy atom. The van der Waals surface area contributed by atoms with Crippen LogP contribution in [0.25, 0.3) is 6.08 Å². The Hall–Kier alpha value is -2.28. The third-order valence-corrected chi connectivity index (χ3v) is 9.19. The van der Waals surface area contributed by atoms with Crippen molar-refractivity contribution in [2.75, 3.05) is 6.61 Å². The normalized spacial score (nSPS) is 43.3. The zero-order valence-corrected chi connectivity index (χ0v) is 20.9. The Morgan fingerprint density at radius 1 is 1.23 bits per heavy atom. The fourth-order valence-electron chi connectivity index (χ4n) is 6.84. The van der Waals surface area contributed by atoms with E-state index in [1.54, 1.807) is 6.08 Å². The minimum absolute atomic E-state index is 0.0325. The first-order chi connectivity index (χ1) is 16.5. The van der Waals surface area contributed by atoms with Gasteiger partial charge in [-0.2, -0.15) is 0 Å². The van der Waals surface area contributed by atoms with Gasteiger partial charge in [0.05, 0.1) is 30.3 Å². The number of epoxide rings is 1. The summed E-state index contributed by atoms with van der Waals surface area (Å²) in [6.07, 6.45) is 5.56. The number of hydrogen-bond donors (Lipinski definition) is 2. The summed E-state index contributed by atoms with van der Waals surface area (Å²) in [6, 6.07) is 9.38. The summed E-state index contributed by atoms with van der Waals surface area (Å²) in [5.74, 6) is -1.45. The number of hydrogen-bond acceptors (Lipinski definition) is 6. The number of benzene rings is 1. The molecule has 2 saturated carbocycles. The van der Waals surface area contributed by atoms with E-state index in [0.29, 0.717) is 5.92 Å². The lowest BCUT2D eigenvalue weighted by molar-refractivity contribution is -0.168. The molecule has 0 radical (unpaired) electrons. The van der Waals surface area contributed by atoms with E-state index in [2.05, 4.69) is 13.8 Å². The third-order valence-electron chi connectivity index (χ3n) is 9.19. The van der Waals surface area contributed by atoms with Crippen molar-refractivity contribution in [2.24, 2.45) is 29.1 Å². The zero-order chi connectivity index (χ0) is 25.2. The summed E-state index contributed by atoms with van der Waals surface area (Å²) in [6.45, 7) is 7.84. The van der Waals surface area contributed by atoms with Crippen molar-refractivity contribution in [1.82, 2.24) is 0 Å². The first kappa shape index (κ1) is 24.4. The average molecular weight is 481 g/mol. The van der Waals surface area contributed by atoms with E-state index in [-0.39, 0.29) is 29.2 Å². The zero-order valence-electron chi connectivity index (χ0n) is 20.9. The smallest absolute Gasteiger partial charge is 0.331 e. The molecule has 0 amide bonds. The van der Waals surface area contributed by atoms with Crippen LogP contribution in [-0.4, -0.2) is 52.0 Å². The van der Waals surface area contributed by atoms with Crippen LogP contribution in [0.2, 0.25) is 0 Å². The SMILES string of the molecule is C[C@H]1C[C@]2(OC(=O)/C=C/c3ccccc3)C(=O)/C(CO)=C/[C@@H]3[C@H](CC[C@@]4(C)O[C@H]4[C@H]2[C@H]1O)C3(C)C.